The first kappa shape index (κ1) is 21.9. The van der Waals surface area contributed by atoms with Gasteiger partial charge >= 0.3 is 5.97 Å². The maximum absolute atomic E-state index is 11.8. The van der Waals surface area contributed by atoms with Crippen molar-refractivity contribution in [2.24, 2.45) is 17.6 Å². The minimum Gasteiger partial charge on any atom is -0.466 e. The van der Waals surface area contributed by atoms with Crippen LogP contribution in [0.25, 0.3) is 0 Å². The number of rotatable bonds is 15. The molecule has 1 amide bonds. The summed E-state index contributed by atoms with van der Waals surface area (Å²) in [6, 6.07) is 0. The lowest BCUT2D eigenvalue weighted by Gasteiger charge is -2.16. The van der Waals surface area contributed by atoms with E-state index in [9.17, 15) is 9.59 Å². The van der Waals surface area contributed by atoms with E-state index >= 15 is 0 Å². The van der Waals surface area contributed by atoms with E-state index in [1.807, 2.05) is 0 Å². The summed E-state index contributed by atoms with van der Waals surface area (Å²) >= 11 is 0. The van der Waals surface area contributed by atoms with Crippen molar-refractivity contribution in [1.29, 1.82) is 0 Å². The van der Waals surface area contributed by atoms with E-state index in [-0.39, 0.29) is 24.2 Å². The second kappa shape index (κ2) is 14.5. The van der Waals surface area contributed by atoms with Crippen molar-refractivity contribution in [1.82, 2.24) is 0 Å². The van der Waals surface area contributed by atoms with Crippen molar-refractivity contribution in [3.05, 3.63) is 0 Å². The molecule has 0 aromatic heterocycles. The van der Waals surface area contributed by atoms with Crippen molar-refractivity contribution in [3.63, 3.8) is 0 Å². The highest BCUT2D eigenvalue weighted by atomic mass is 16.5. The summed E-state index contributed by atoms with van der Waals surface area (Å²) in [5.74, 6) is -0.0789. The van der Waals surface area contributed by atoms with Crippen LogP contribution in [0.3, 0.4) is 0 Å². The molecule has 0 unspecified atom stereocenters. The third-order valence-corrected chi connectivity index (χ3v) is 4.01. The fraction of sp³-hybridized carbons (Fsp3) is 0.895. The molecule has 1 atom stereocenters. The first-order chi connectivity index (χ1) is 11.0. The average molecular weight is 328 g/mol. The van der Waals surface area contributed by atoms with Crippen LogP contribution in [0.4, 0.5) is 0 Å². The minimum atomic E-state index is -0.341. The zero-order valence-corrected chi connectivity index (χ0v) is 15.4. The number of carbonyl (C=O) groups is 2. The molecule has 0 spiro atoms. The number of hydrogen-bond donors (Lipinski definition) is 1. The Morgan fingerprint density at radius 2 is 1.48 bits per heavy atom. The molecule has 4 heteroatoms. The van der Waals surface area contributed by atoms with Gasteiger partial charge in [0.05, 0.1) is 6.61 Å². The van der Waals surface area contributed by atoms with Crippen LogP contribution >= 0.6 is 0 Å². The van der Waals surface area contributed by atoms with Crippen molar-refractivity contribution in [2.75, 3.05) is 6.61 Å². The van der Waals surface area contributed by atoms with Crippen LogP contribution in [0.2, 0.25) is 0 Å². The number of carbonyl (C=O) groups excluding carboxylic acids is 2. The van der Waals surface area contributed by atoms with E-state index in [0.717, 1.165) is 19.3 Å². The monoisotopic (exact) mass is 327 g/mol. The third-order valence-electron chi connectivity index (χ3n) is 4.01. The van der Waals surface area contributed by atoms with Gasteiger partial charge in [-0.15, -0.1) is 0 Å². The molecule has 23 heavy (non-hydrogen) atoms. The van der Waals surface area contributed by atoms with E-state index in [1.54, 1.807) is 0 Å². The lowest BCUT2D eigenvalue weighted by atomic mass is 9.91. The lowest BCUT2D eigenvalue weighted by Crippen LogP contribution is -2.21. The molecule has 0 fully saturated rings. The van der Waals surface area contributed by atoms with Gasteiger partial charge in [-0.2, -0.15) is 0 Å². The number of unbranched alkanes of at least 4 members (excludes halogenated alkanes) is 7. The molecule has 0 rings (SSSR count). The van der Waals surface area contributed by atoms with Crippen LogP contribution in [0, 0.1) is 11.8 Å². The molecule has 2 N–H and O–H groups in total. The highest BCUT2D eigenvalue weighted by Crippen LogP contribution is 2.19. The third kappa shape index (κ3) is 15.6. The summed E-state index contributed by atoms with van der Waals surface area (Å²) in [5, 5.41) is 0. The smallest absolute Gasteiger partial charge is 0.306 e. The van der Waals surface area contributed by atoms with Crippen molar-refractivity contribution >= 4 is 11.9 Å². The van der Waals surface area contributed by atoms with E-state index in [1.165, 1.54) is 38.5 Å². The fourth-order valence-corrected chi connectivity index (χ4v) is 2.91. The number of hydrogen-bond acceptors (Lipinski definition) is 3. The second-order valence-electron chi connectivity index (χ2n) is 7.07. The molecule has 0 aliphatic carbocycles. The number of esters is 1. The van der Waals surface area contributed by atoms with E-state index in [4.69, 9.17) is 10.5 Å². The minimum absolute atomic E-state index is 0.0126. The second-order valence-corrected chi connectivity index (χ2v) is 7.07. The summed E-state index contributed by atoms with van der Waals surface area (Å²) in [4.78, 5) is 22.9. The number of nitrogens with two attached hydrogens (primary N) is 1. The van der Waals surface area contributed by atoms with E-state index in [2.05, 4.69) is 20.8 Å². The highest BCUT2D eigenvalue weighted by Gasteiger charge is 2.18. The Morgan fingerprint density at radius 1 is 0.913 bits per heavy atom. The number of primary amides is 1. The molecule has 0 heterocycles. The first-order valence-corrected chi connectivity index (χ1v) is 9.39. The molecule has 136 valence electrons. The molecule has 0 aromatic rings. The van der Waals surface area contributed by atoms with Crippen molar-refractivity contribution < 1.29 is 14.3 Å². The molecule has 0 radical (unpaired) electrons. The predicted octanol–water partition coefficient (Wildman–Crippen LogP) is 4.60. The molecule has 0 aliphatic heterocycles. The SMILES string of the molecule is CCCCCCCCCCOC(=O)C[C@H](CC(N)=O)CC(C)C. The van der Waals surface area contributed by atoms with Crippen molar-refractivity contribution in [3.8, 4) is 0 Å². The standard InChI is InChI=1S/C19H37NO3/c1-4-5-6-7-8-9-10-11-12-23-19(22)15-17(13-16(2)3)14-18(20)21/h16-17H,4-15H2,1-3H3,(H2,20,21)/t17-/m0/s1. The summed E-state index contributed by atoms with van der Waals surface area (Å²) in [6.45, 7) is 6.89. The first-order valence-electron chi connectivity index (χ1n) is 9.39. The van der Waals surface area contributed by atoms with Gasteiger partial charge in [-0.3, -0.25) is 9.59 Å². The Hall–Kier alpha value is -1.06. The van der Waals surface area contributed by atoms with Gasteiger partial charge in [0.15, 0.2) is 0 Å². The van der Waals surface area contributed by atoms with Crippen LogP contribution in [-0.4, -0.2) is 18.5 Å². The van der Waals surface area contributed by atoms with Crippen LogP contribution in [0.5, 0.6) is 0 Å². The van der Waals surface area contributed by atoms with E-state index in [0.29, 0.717) is 18.9 Å². The summed E-state index contributed by atoms with van der Waals surface area (Å²) in [7, 11) is 0. The zero-order chi connectivity index (χ0) is 17.5. The number of amides is 1. The van der Waals surface area contributed by atoms with E-state index < -0.39 is 0 Å². The predicted molar refractivity (Wildman–Crippen MR) is 94.9 cm³/mol. The van der Waals surface area contributed by atoms with Gasteiger partial charge in [-0.25, -0.2) is 0 Å². The van der Waals surface area contributed by atoms with Crippen LogP contribution in [-0.2, 0) is 14.3 Å². The Labute approximate surface area is 142 Å². The maximum atomic E-state index is 11.8. The normalized spacial score (nSPS) is 12.3. The molecule has 0 saturated carbocycles. The van der Waals surface area contributed by atoms with Crippen LogP contribution in [0.15, 0.2) is 0 Å². The van der Waals surface area contributed by atoms with Crippen LogP contribution in [0.1, 0.15) is 91.4 Å². The lowest BCUT2D eigenvalue weighted by molar-refractivity contribution is -0.145. The quantitative estimate of drug-likeness (QED) is 0.353. The van der Waals surface area contributed by atoms with Gasteiger partial charge in [0.1, 0.15) is 0 Å². The van der Waals surface area contributed by atoms with Gasteiger partial charge in [0.2, 0.25) is 5.91 Å². The molecule has 0 bridgehead atoms. The highest BCUT2D eigenvalue weighted by molar-refractivity contribution is 5.75. The van der Waals surface area contributed by atoms with Gasteiger partial charge in [-0.05, 0) is 24.7 Å². The fourth-order valence-electron chi connectivity index (χ4n) is 2.91. The zero-order valence-electron chi connectivity index (χ0n) is 15.4. The molecule has 0 saturated heterocycles. The summed E-state index contributed by atoms with van der Waals surface area (Å²) in [5.41, 5.74) is 5.25. The van der Waals surface area contributed by atoms with Gasteiger partial charge in [0.25, 0.3) is 0 Å². The van der Waals surface area contributed by atoms with Gasteiger partial charge in [-0.1, -0.05) is 65.7 Å². The van der Waals surface area contributed by atoms with Crippen molar-refractivity contribution in [2.45, 2.75) is 91.4 Å². The topological polar surface area (TPSA) is 69.4 Å². The summed E-state index contributed by atoms with van der Waals surface area (Å²) < 4.78 is 5.29. The molecule has 0 aromatic carbocycles. The Kier molecular flexibility index (Phi) is 13.9. The largest absolute Gasteiger partial charge is 0.466 e. The average Bonchev–Trinajstić information content (AvgIpc) is 2.44. The van der Waals surface area contributed by atoms with Crippen LogP contribution < -0.4 is 5.73 Å². The Bertz CT molecular complexity index is 316. The molecule has 4 nitrogen and oxygen atoms in total. The molecular weight excluding hydrogens is 290 g/mol. The van der Waals surface area contributed by atoms with Gasteiger partial charge < -0.3 is 10.5 Å². The molecular formula is C19H37NO3. The molecule has 0 aliphatic rings. The Morgan fingerprint density at radius 3 is 2.00 bits per heavy atom. The van der Waals surface area contributed by atoms with Gasteiger partial charge in [0, 0.05) is 12.8 Å². The Balaban J connectivity index is 3.68. The maximum Gasteiger partial charge on any atom is 0.306 e. The number of ether oxygens (including phenoxy) is 1. The summed E-state index contributed by atoms with van der Waals surface area (Å²) in [6.07, 6.45) is 11.2.